The first-order valence-electron chi connectivity index (χ1n) is 7.00. The Kier molecular flexibility index (Phi) is 4.11. The molecule has 0 bridgehead atoms. The quantitative estimate of drug-likeness (QED) is 0.905. The molecule has 2 heterocycles. The molecule has 1 N–H and O–H groups in total. The van der Waals surface area contributed by atoms with E-state index in [-0.39, 0.29) is 17.9 Å². The Morgan fingerprint density at radius 3 is 2.70 bits per heavy atom. The van der Waals surface area contributed by atoms with E-state index < -0.39 is 5.97 Å². The molecule has 2 atom stereocenters. The van der Waals surface area contributed by atoms with Crippen molar-refractivity contribution in [2.24, 2.45) is 13.0 Å². The van der Waals surface area contributed by atoms with Crippen LogP contribution in [0.1, 0.15) is 42.9 Å². The second-order valence-electron chi connectivity index (χ2n) is 5.41. The van der Waals surface area contributed by atoms with Gasteiger partial charge in [-0.1, -0.05) is 6.92 Å². The summed E-state index contributed by atoms with van der Waals surface area (Å²) in [6.07, 6.45) is 1.82. The molecule has 6 heteroatoms. The number of carbonyl (C=O) groups excluding carboxylic acids is 1. The molecular formula is C14H21N3O3. The lowest BCUT2D eigenvalue weighted by Crippen LogP contribution is -2.46. The second-order valence-corrected chi connectivity index (χ2v) is 5.41. The van der Waals surface area contributed by atoms with Crippen molar-refractivity contribution < 1.29 is 14.7 Å². The third kappa shape index (κ3) is 2.69. The summed E-state index contributed by atoms with van der Waals surface area (Å²) in [4.78, 5) is 25.3. The fourth-order valence-corrected chi connectivity index (χ4v) is 2.74. The summed E-state index contributed by atoms with van der Waals surface area (Å²) in [5.41, 5.74) is 1.46. The molecule has 0 spiro atoms. The Bertz CT molecular complexity index is 524. The predicted octanol–water partition coefficient (Wildman–Crippen LogP) is 1.31. The van der Waals surface area contributed by atoms with Crippen LogP contribution < -0.4 is 0 Å². The molecule has 2 rings (SSSR count). The van der Waals surface area contributed by atoms with Crippen molar-refractivity contribution in [3.05, 3.63) is 17.5 Å². The molecule has 1 aromatic rings. The van der Waals surface area contributed by atoms with Gasteiger partial charge < -0.3 is 10.0 Å². The largest absolute Gasteiger partial charge is 0.481 e. The van der Waals surface area contributed by atoms with Crippen LogP contribution in [0.4, 0.5) is 0 Å². The van der Waals surface area contributed by atoms with Gasteiger partial charge >= 0.3 is 5.97 Å². The Labute approximate surface area is 118 Å². The SMILES string of the molecule is CCc1cc(C(=O)N2CCC(C(=O)O)CC2C)n(C)n1. The van der Waals surface area contributed by atoms with Gasteiger partial charge in [0.2, 0.25) is 0 Å². The predicted molar refractivity (Wildman–Crippen MR) is 73.4 cm³/mol. The number of amides is 1. The van der Waals surface area contributed by atoms with Crippen molar-refractivity contribution in [2.75, 3.05) is 6.54 Å². The van der Waals surface area contributed by atoms with E-state index in [1.807, 2.05) is 19.9 Å². The Hall–Kier alpha value is -1.85. The number of nitrogens with zero attached hydrogens (tertiary/aromatic N) is 3. The van der Waals surface area contributed by atoms with E-state index in [1.54, 1.807) is 16.6 Å². The highest BCUT2D eigenvalue weighted by molar-refractivity contribution is 5.93. The molecule has 20 heavy (non-hydrogen) atoms. The maximum atomic E-state index is 12.6. The third-order valence-electron chi connectivity index (χ3n) is 4.00. The van der Waals surface area contributed by atoms with Crippen LogP contribution in [0, 0.1) is 5.92 Å². The molecule has 0 aromatic carbocycles. The van der Waals surface area contributed by atoms with Crippen molar-refractivity contribution in [2.45, 2.75) is 39.2 Å². The summed E-state index contributed by atoms with van der Waals surface area (Å²) in [5.74, 6) is -1.17. The number of carbonyl (C=O) groups is 2. The van der Waals surface area contributed by atoms with Crippen molar-refractivity contribution in [1.82, 2.24) is 14.7 Å². The first-order valence-corrected chi connectivity index (χ1v) is 7.00. The first kappa shape index (κ1) is 14.6. The number of aromatic nitrogens is 2. The van der Waals surface area contributed by atoms with Crippen LogP contribution in [0.5, 0.6) is 0 Å². The summed E-state index contributed by atoms with van der Waals surface area (Å²) < 4.78 is 1.61. The molecule has 1 saturated heterocycles. The molecule has 1 aliphatic rings. The van der Waals surface area contributed by atoms with Crippen LogP contribution in [0.3, 0.4) is 0 Å². The van der Waals surface area contributed by atoms with Crippen LogP contribution >= 0.6 is 0 Å². The average Bonchev–Trinajstić information content (AvgIpc) is 2.79. The third-order valence-corrected chi connectivity index (χ3v) is 4.00. The highest BCUT2D eigenvalue weighted by Gasteiger charge is 2.33. The van der Waals surface area contributed by atoms with Gasteiger partial charge in [-0.25, -0.2) is 0 Å². The molecule has 0 radical (unpaired) electrons. The lowest BCUT2D eigenvalue weighted by Gasteiger charge is -2.36. The van der Waals surface area contributed by atoms with Crippen LogP contribution in [0.2, 0.25) is 0 Å². The van der Waals surface area contributed by atoms with Crippen molar-refractivity contribution >= 4 is 11.9 Å². The van der Waals surface area contributed by atoms with Crippen molar-refractivity contribution in [3.8, 4) is 0 Å². The number of aryl methyl sites for hydroxylation is 2. The Morgan fingerprint density at radius 2 is 2.20 bits per heavy atom. The maximum absolute atomic E-state index is 12.6. The van der Waals surface area contributed by atoms with Crippen molar-refractivity contribution in [3.63, 3.8) is 0 Å². The lowest BCUT2D eigenvalue weighted by atomic mass is 9.91. The highest BCUT2D eigenvalue weighted by atomic mass is 16.4. The van der Waals surface area contributed by atoms with E-state index in [0.717, 1.165) is 12.1 Å². The van der Waals surface area contributed by atoms with Crippen LogP contribution in [-0.2, 0) is 18.3 Å². The van der Waals surface area contributed by atoms with Gasteiger partial charge in [-0.3, -0.25) is 14.3 Å². The van der Waals surface area contributed by atoms with E-state index in [4.69, 9.17) is 5.11 Å². The fourth-order valence-electron chi connectivity index (χ4n) is 2.74. The van der Waals surface area contributed by atoms with Gasteiger partial charge in [0.25, 0.3) is 5.91 Å². The number of aliphatic carboxylic acids is 1. The van der Waals surface area contributed by atoms with E-state index in [1.165, 1.54) is 0 Å². The van der Waals surface area contributed by atoms with Crippen LogP contribution in [-0.4, -0.2) is 44.3 Å². The Balaban J connectivity index is 2.13. The molecule has 1 aliphatic heterocycles. The summed E-state index contributed by atoms with van der Waals surface area (Å²) >= 11 is 0. The smallest absolute Gasteiger partial charge is 0.306 e. The molecule has 0 aliphatic carbocycles. The Morgan fingerprint density at radius 1 is 1.50 bits per heavy atom. The zero-order valence-corrected chi connectivity index (χ0v) is 12.2. The molecular weight excluding hydrogens is 258 g/mol. The number of hydrogen-bond acceptors (Lipinski definition) is 3. The molecule has 6 nitrogen and oxygen atoms in total. The minimum Gasteiger partial charge on any atom is -0.481 e. The average molecular weight is 279 g/mol. The summed E-state index contributed by atoms with van der Waals surface area (Å²) in [6, 6.07) is 1.76. The molecule has 1 aromatic heterocycles. The van der Waals surface area contributed by atoms with E-state index >= 15 is 0 Å². The summed E-state index contributed by atoms with van der Waals surface area (Å²) in [6.45, 7) is 4.39. The number of rotatable bonds is 3. The zero-order chi connectivity index (χ0) is 14.9. The second kappa shape index (κ2) is 5.64. The zero-order valence-electron chi connectivity index (χ0n) is 12.2. The van der Waals surface area contributed by atoms with Gasteiger partial charge in [-0.15, -0.1) is 0 Å². The van der Waals surface area contributed by atoms with Gasteiger partial charge in [-0.05, 0) is 32.3 Å². The molecule has 1 fully saturated rings. The summed E-state index contributed by atoms with van der Waals surface area (Å²) in [5, 5.41) is 13.3. The van der Waals surface area contributed by atoms with Gasteiger partial charge in [0.05, 0.1) is 11.6 Å². The molecule has 2 unspecified atom stereocenters. The first-order chi connectivity index (χ1) is 9.43. The molecule has 1 amide bonds. The van der Waals surface area contributed by atoms with Gasteiger partial charge in [0.15, 0.2) is 0 Å². The number of carboxylic acids is 1. The molecule has 0 saturated carbocycles. The maximum Gasteiger partial charge on any atom is 0.306 e. The van der Waals surface area contributed by atoms with Crippen LogP contribution in [0.15, 0.2) is 6.07 Å². The van der Waals surface area contributed by atoms with E-state index in [2.05, 4.69) is 5.10 Å². The molecule has 110 valence electrons. The van der Waals surface area contributed by atoms with Gasteiger partial charge in [0, 0.05) is 19.6 Å². The van der Waals surface area contributed by atoms with Gasteiger partial charge in [0.1, 0.15) is 5.69 Å². The highest BCUT2D eigenvalue weighted by Crippen LogP contribution is 2.24. The topological polar surface area (TPSA) is 75.4 Å². The monoisotopic (exact) mass is 279 g/mol. The number of hydrogen-bond donors (Lipinski definition) is 1. The number of piperidine rings is 1. The van der Waals surface area contributed by atoms with E-state index in [0.29, 0.717) is 25.1 Å². The van der Waals surface area contributed by atoms with Gasteiger partial charge in [-0.2, -0.15) is 5.10 Å². The number of likely N-dealkylation sites (tertiary alicyclic amines) is 1. The minimum atomic E-state index is -0.766. The fraction of sp³-hybridized carbons (Fsp3) is 0.643. The standard InChI is InChI=1S/C14H21N3O3/c1-4-11-8-12(16(3)15-11)13(18)17-6-5-10(14(19)20)7-9(17)2/h8-10H,4-7H2,1-3H3,(H,19,20). The normalized spacial score (nSPS) is 22.9. The van der Waals surface area contributed by atoms with E-state index in [9.17, 15) is 9.59 Å². The van der Waals surface area contributed by atoms with Crippen molar-refractivity contribution in [1.29, 1.82) is 0 Å². The minimum absolute atomic E-state index is 0.0580. The number of carboxylic acid groups (broad SMARTS) is 1. The lowest BCUT2D eigenvalue weighted by molar-refractivity contribution is -0.143. The van der Waals surface area contributed by atoms with Crippen LogP contribution in [0.25, 0.3) is 0 Å². The summed E-state index contributed by atoms with van der Waals surface area (Å²) in [7, 11) is 1.76.